The van der Waals surface area contributed by atoms with Gasteiger partial charge in [-0.15, -0.1) is 11.3 Å². The van der Waals surface area contributed by atoms with Crippen LogP contribution >= 0.6 is 11.3 Å². The van der Waals surface area contributed by atoms with E-state index in [4.69, 9.17) is 4.98 Å². The molecular formula is C28H34N4O2S. The SMILES string of the molecule is CC1(C)C(C(=O)N2CCC(c3nc(C(=O)N4CCc5c([nH]c6ccccc56)C4)cs3)CC2)C1(C)C. The van der Waals surface area contributed by atoms with Gasteiger partial charge in [0.1, 0.15) is 5.69 Å². The van der Waals surface area contributed by atoms with Crippen LogP contribution in [0.4, 0.5) is 0 Å². The molecule has 0 bridgehead atoms. The zero-order valence-electron chi connectivity index (χ0n) is 21.1. The molecule has 1 saturated heterocycles. The highest BCUT2D eigenvalue weighted by Crippen LogP contribution is 2.68. The van der Waals surface area contributed by atoms with E-state index in [1.54, 1.807) is 11.3 Å². The maximum Gasteiger partial charge on any atom is 0.273 e. The topological polar surface area (TPSA) is 69.3 Å². The minimum Gasteiger partial charge on any atom is -0.357 e. The Morgan fingerprint density at radius 2 is 1.74 bits per heavy atom. The molecular weight excluding hydrogens is 456 g/mol. The third-order valence-electron chi connectivity index (χ3n) is 9.33. The quantitative estimate of drug-likeness (QED) is 0.548. The number of amides is 2. The van der Waals surface area contributed by atoms with Crippen molar-refractivity contribution in [1.82, 2.24) is 19.8 Å². The fourth-order valence-electron chi connectivity index (χ4n) is 6.44. The van der Waals surface area contributed by atoms with Crippen LogP contribution in [0.1, 0.15) is 73.2 Å². The summed E-state index contributed by atoms with van der Waals surface area (Å²) in [6, 6.07) is 8.36. The number of thiazole rings is 1. The van der Waals surface area contributed by atoms with E-state index in [0.717, 1.165) is 55.1 Å². The van der Waals surface area contributed by atoms with Gasteiger partial charge in [-0.3, -0.25) is 9.59 Å². The summed E-state index contributed by atoms with van der Waals surface area (Å²) in [7, 11) is 0. The largest absolute Gasteiger partial charge is 0.357 e. The van der Waals surface area contributed by atoms with E-state index < -0.39 is 0 Å². The van der Waals surface area contributed by atoms with Crippen molar-refractivity contribution in [3.05, 3.63) is 51.6 Å². The number of carbonyl (C=O) groups is 2. The Labute approximate surface area is 210 Å². The standard InChI is InChI=1S/C28H34N4O2S/c1-27(2)23(28(27,3)4)26(34)31-12-9-17(10-13-31)24-30-22(16-35-24)25(33)32-14-11-19-18-7-5-6-8-20(18)29-21(19)15-32/h5-8,16-17,23,29H,9-15H2,1-4H3. The summed E-state index contributed by atoms with van der Waals surface area (Å²) in [6.45, 7) is 11.7. The van der Waals surface area contributed by atoms with Crippen LogP contribution in [0.15, 0.2) is 29.6 Å². The molecule has 0 spiro atoms. The number of aromatic nitrogens is 2. The van der Waals surface area contributed by atoms with Crippen molar-refractivity contribution in [3.63, 3.8) is 0 Å². The molecule has 2 amide bonds. The second kappa shape index (κ2) is 7.92. The van der Waals surface area contributed by atoms with Gasteiger partial charge in [-0.05, 0) is 41.7 Å². The van der Waals surface area contributed by atoms with Gasteiger partial charge in [-0.25, -0.2) is 4.98 Å². The smallest absolute Gasteiger partial charge is 0.273 e. The van der Waals surface area contributed by atoms with Gasteiger partial charge in [0.05, 0.1) is 11.6 Å². The minimum absolute atomic E-state index is 0.0163. The molecule has 184 valence electrons. The number of aromatic amines is 1. The van der Waals surface area contributed by atoms with Crippen molar-refractivity contribution in [2.75, 3.05) is 19.6 Å². The molecule has 0 unspecified atom stereocenters. The predicted octanol–water partition coefficient (Wildman–Crippen LogP) is 5.21. The van der Waals surface area contributed by atoms with Crippen LogP contribution in [-0.2, 0) is 17.8 Å². The van der Waals surface area contributed by atoms with Crippen LogP contribution in [0.2, 0.25) is 0 Å². The molecule has 4 heterocycles. The lowest BCUT2D eigenvalue weighted by Gasteiger charge is -2.32. The summed E-state index contributed by atoms with van der Waals surface area (Å²) in [6.07, 6.45) is 2.70. The van der Waals surface area contributed by atoms with Crippen LogP contribution in [0, 0.1) is 16.7 Å². The molecule has 0 atom stereocenters. The Morgan fingerprint density at radius 1 is 1.03 bits per heavy atom. The highest BCUT2D eigenvalue weighted by atomic mass is 32.1. The van der Waals surface area contributed by atoms with Gasteiger partial charge in [0.2, 0.25) is 5.91 Å². The average Bonchev–Trinajstić information content (AvgIpc) is 3.29. The number of nitrogens with zero attached hydrogens (tertiary/aromatic N) is 3. The second-order valence-electron chi connectivity index (χ2n) is 11.7. The predicted molar refractivity (Wildman–Crippen MR) is 138 cm³/mol. The number of fused-ring (bicyclic) bond motifs is 3. The molecule has 1 aliphatic carbocycles. The van der Waals surface area contributed by atoms with E-state index in [-0.39, 0.29) is 22.7 Å². The van der Waals surface area contributed by atoms with Crippen LogP contribution in [0.3, 0.4) is 0 Å². The minimum atomic E-state index is 0.0163. The fraction of sp³-hybridized carbons (Fsp3) is 0.536. The van der Waals surface area contributed by atoms with E-state index in [1.807, 2.05) is 16.3 Å². The molecule has 2 aliphatic heterocycles. The number of H-pyrrole nitrogens is 1. The van der Waals surface area contributed by atoms with E-state index in [9.17, 15) is 9.59 Å². The van der Waals surface area contributed by atoms with Gasteiger partial charge in [-0.2, -0.15) is 0 Å². The number of carbonyl (C=O) groups excluding carboxylic acids is 2. The summed E-state index contributed by atoms with van der Waals surface area (Å²) in [4.78, 5) is 38.6. The Kier molecular flexibility index (Phi) is 5.15. The molecule has 7 heteroatoms. The molecule has 3 aliphatic rings. The summed E-state index contributed by atoms with van der Waals surface area (Å²) < 4.78 is 0. The van der Waals surface area contributed by atoms with Crippen molar-refractivity contribution in [2.45, 2.75) is 59.4 Å². The molecule has 2 aromatic heterocycles. The molecule has 0 radical (unpaired) electrons. The molecule has 1 N–H and O–H groups in total. The maximum atomic E-state index is 13.3. The highest BCUT2D eigenvalue weighted by Gasteiger charge is 2.68. The Balaban J connectivity index is 1.09. The lowest BCUT2D eigenvalue weighted by Crippen LogP contribution is -2.40. The zero-order valence-corrected chi connectivity index (χ0v) is 21.9. The Bertz CT molecular complexity index is 1300. The van der Waals surface area contributed by atoms with Crippen LogP contribution in [0.25, 0.3) is 10.9 Å². The van der Waals surface area contributed by atoms with Gasteiger partial charge in [0.25, 0.3) is 5.91 Å². The molecule has 3 aromatic rings. The molecule has 6 nitrogen and oxygen atoms in total. The van der Waals surface area contributed by atoms with Gasteiger partial charge < -0.3 is 14.8 Å². The fourth-order valence-corrected chi connectivity index (χ4v) is 7.41. The van der Waals surface area contributed by atoms with E-state index in [2.05, 4.69) is 55.8 Å². The van der Waals surface area contributed by atoms with Gasteiger partial charge in [-0.1, -0.05) is 45.9 Å². The van der Waals surface area contributed by atoms with Crippen molar-refractivity contribution < 1.29 is 9.59 Å². The first-order valence-corrected chi connectivity index (χ1v) is 13.7. The Morgan fingerprint density at radius 3 is 2.46 bits per heavy atom. The van der Waals surface area contributed by atoms with E-state index in [0.29, 0.717) is 24.1 Å². The number of benzene rings is 1. The normalized spacial score (nSPS) is 21.8. The van der Waals surface area contributed by atoms with Crippen LogP contribution in [-0.4, -0.2) is 51.2 Å². The van der Waals surface area contributed by atoms with Crippen molar-refractivity contribution in [2.24, 2.45) is 16.7 Å². The molecule has 6 rings (SSSR count). The number of rotatable bonds is 3. The first kappa shape index (κ1) is 22.8. The second-order valence-corrected chi connectivity index (χ2v) is 12.5. The third kappa shape index (κ3) is 3.53. The molecule has 1 aromatic carbocycles. The number of nitrogens with one attached hydrogen (secondary N) is 1. The number of piperidine rings is 1. The number of hydrogen-bond acceptors (Lipinski definition) is 4. The zero-order chi connectivity index (χ0) is 24.5. The van der Waals surface area contributed by atoms with Crippen molar-refractivity contribution in [1.29, 1.82) is 0 Å². The molecule has 1 saturated carbocycles. The summed E-state index contributed by atoms with van der Waals surface area (Å²) in [5.74, 6) is 0.781. The van der Waals surface area contributed by atoms with Gasteiger partial charge in [0.15, 0.2) is 0 Å². The van der Waals surface area contributed by atoms with E-state index >= 15 is 0 Å². The number of likely N-dealkylation sites (tertiary alicyclic amines) is 1. The maximum absolute atomic E-state index is 13.3. The van der Waals surface area contributed by atoms with Crippen molar-refractivity contribution in [3.8, 4) is 0 Å². The van der Waals surface area contributed by atoms with Gasteiger partial charge >= 0.3 is 0 Å². The van der Waals surface area contributed by atoms with E-state index in [1.165, 1.54) is 10.9 Å². The van der Waals surface area contributed by atoms with Crippen LogP contribution in [0.5, 0.6) is 0 Å². The lowest BCUT2D eigenvalue weighted by molar-refractivity contribution is -0.134. The number of hydrogen-bond donors (Lipinski definition) is 1. The monoisotopic (exact) mass is 490 g/mol. The molecule has 2 fully saturated rings. The average molecular weight is 491 g/mol. The lowest BCUT2D eigenvalue weighted by atomic mass is 9.96. The first-order valence-electron chi connectivity index (χ1n) is 12.8. The molecule has 35 heavy (non-hydrogen) atoms. The summed E-state index contributed by atoms with van der Waals surface area (Å²) in [5.41, 5.74) is 4.33. The third-order valence-corrected chi connectivity index (χ3v) is 10.3. The first-order chi connectivity index (χ1) is 16.7. The van der Waals surface area contributed by atoms with Crippen LogP contribution < -0.4 is 0 Å². The summed E-state index contributed by atoms with van der Waals surface area (Å²) >= 11 is 1.60. The Hall–Kier alpha value is -2.67. The highest BCUT2D eigenvalue weighted by molar-refractivity contribution is 7.09. The van der Waals surface area contributed by atoms with Crippen molar-refractivity contribution >= 4 is 34.1 Å². The van der Waals surface area contributed by atoms with Gasteiger partial charge in [0, 0.05) is 53.4 Å². The summed E-state index contributed by atoms with van der Waals surface area (Å²) in [5, 5.41) is 4.23. The number of para-hydroxylation sites is 1.